The summed E-state index contributed by atoms with van der Waals surface area (Å²) in [6.45, 7) is 0. The monoisotopic (exact) mass is 260 g/mol. The molecule has 1 rings (SSSR count). The molecule has 1 aromatic rings. The number of thiophene rings is 1. The van der Waals surface area contributed by atoms with Crippen LogP contribution in [0.4, 0.5) is 0 Å². The maximum Gasteiger partial charge on any atom is 0.151 e. The van der Waals surface area contributed by atoms with Crippen molar-refractivity contribution in [2.75, 3.05) is 0 Å². The summed E-state index contributed by atoms with van der Waals surface area (Å²) >= 11 is 4.27. The van der Waals surface area contributed by atoms with E-state index in [9.17, 15) is 0 Å². The third-order valence-electron chi connectivity index (χ3n) is 1.58. The van der Waals surface area contributed by atoms with Gasteiger partial charge in [-0.15, -0.1) is 11.3 Å². The first-order valence-corrected chi connectivity index (χ1v) is 6.93. The van der Waals surface area contributed by atoms with E-state index in [1.165, 1.54) is 34.0 Å². The van der Waals surface area contributed by atoms with Crippen LogP contribution < -0.4 is 11.5 Å². The maximum absolute atomic E-state index is 7.12. The van der Waals surface area contributed by atoms with E-state index in [1.54, 1.807) is 11.3 Å². The van der Waals surface area contributed by atoms with Crippen LogP contribution in [0.1, 0.15) is 10.4 Å². The summed E-state index contributed by atoms with van der Waals surface area (Å²) in [5.74, 6) is 1.44. The Morgan fingerprint density at radius 1 is 1.20 bits per heavy atom. The van der Waals surface area contributed by atoms with Gasteiger partial charge in [-0.2, -0.15) is 0 Å². The summed E-state index contributed by atoms with van der Waals surface area (Å²) in [6, 6.07) is 2.02. The van der Waals surface area contributed by atoms with E-state index in [4.69, 9.17) is 22.3 Å². The summed E-state index contributed by atoms with van der Waals surface area (Å²) in [5, 5.41) is 16.5. The molecule has 0 aliphatic heterocycles. The van der Waals surface area contributed by atoms with Crippen molar-refractivity contribution in [3.05, 3.63) is 21.9 Å². The number of hydrogen-bond donors (Lipinski definition) is 4. The highest BCUT2D eigenvalue weighted by Crippen LogP contribution is 2.25. The van der Waals surface area contributed by atoms with E-state index in [-0.39, 0.29) is 10.3 Å². The second-order valence-electron chi connectivity index (χ2n) is 2.67. The minimum Gasteiger partial charge on any atom is -0.379 e. The number of nitrogens with one attached hydrogen (secondary N) is 2. The van der Waals surface area contributed by atoms with E-state index in [1.807, 2.05) is 11.4 Å². The Hall–Kier alpha value is -0.660. The molecular weight excluding hydrogens is 248 g/mol. The first-order valence-electron chi connectivity index (χ1n) is 4.08. The standard InChI is InChI=1S/C8H12N4S3/c9-7(10)14-3-5-1-2-13-6(5)4-15-8(11)12/h1-2H,3-4H2,(H3,9,10)(H3,11,12). The molecule has 0 aliphatic rings. The molecular formula is C8H12N4S3. The summed E-state index contributed by atoms with van der Waals surface area (Å²) in [6.07, 6.45) is 0. The second-order valence-corrected chi connectivity index (χ2v) is 5.71. The van der Waals surface area contributed by atoms with E-state index in [0.29, 0.717) is 5.75 Å². The van der Waals surface area contributed by atoms with Crippen LogP contribution in [0, 0.1) is 10.8 Å². The first-order chi connectivity index (χ1) is 7.09. The van der Waals surface area contributed by atoms with Crippen molar-refractivity contribution in [3.8, 4) is 0 Å². The summed E-state index contributed by atoms with van der Waals surface area (Å²) in [7, 11) is 0. The van der Waals surface area contributed by atoms with Crippen molar-refractivity contribution in [3.63, 3.8) is 0 Å². The molecule has 82 valence electrons. The van der Waals surface area contributed by atoms with Crippen molar-refractivity contribution < 1.29 is 0 Å². The molecule has 1 aromatic heterocycles. The molecule has 0 saturated heterocycles. The predicted octanol–water partition coefficient (Wildman–Crippen LogP) is 2.00. The van der Waals surface area contributed by atoms with Crippen LogP contribution in [0.25, 0.3) is 0 Å². The highest BCUT2D eigenvalue weighted by molar-refractivity contribution is 8.13. The van der Waals surface area contributed by atoms with Gasteiger partial charge in [0, 0.05) is 16.4 Å². The quantitative estimate of drug-likeness (QED) is 0.491. The molecule has 0 aromatic carbocycles. The fourth-order valence-electron chi connectivity index (χ4n) is 0.921. The van der Waals surface area contributed by atoms with Crippen LogP contribution >= 0.6 is 34.9 Å². The van der Waals surface area contributed by atoms with Gasteiger partial charge in [0.25, 0.3) is 0 Å². The van der Waals surface area contributed by atoms with Crippen molar-refractivity contribution in [1.29, 1.82) is 10.8 Å². The maximum atomic E-state index is 7.12. The third-order valence-corrected chi connectivity index (χ3v) is 4.24. The lowest BCUT2D eigenvalue weighted by Crippen LogP contribution is -2.05. The van der Waals surface area contributed by atoms with E-state index in [2.05, 4.69) is 0 Å². The highest BCUT2D eigenvalue weighted by atomic mass is 32.2. The fourth-order valence-corrected chi connectivity index (χ4v) is 3.20. The normalized spacial score (nSPS) is 10.1. The zero-order valence-electron chi connectivity index (χ0n) is 7.95. The van der Waals surface area contributed by atoms with E-state index >= 15 is 0 Å². The summed E-state index contributed by atoms with van der Waals surface area (Å²) < 4.78 is 0. The lowest BCUT2D eigenvalue weighted by molar-refractivity contribution is 1.37. The Morgan fingerprint density at radius 2 is 1.80 bits per heavy atom. The summed E-state index contributed by atoms with van der Waals surface area (Å²) in [4.78, 5) is 1.20. The second kappa shape index (κ2) is 6.04. The fraction of sp³-hybridized carbons (Fsp3) is 0.250. The molecule has 0 amide bonds. The van der Waals surface area contributed by atoms with Gasteiger partial charge in [-0.05, 0) is 17.0 Å². The number of rotatable bonds is 4. The Morgan fingerprint density at radius 3 is 2.40 bits per heavy atom. The molecule has 15 heavy (non-hydrogen) atoms. The number of amidine groups is 2. The van der Waals surface area contributed by atoms with Crippen molar-refractivity contribution >= 4 is 45.2 Å². The Balaban J connectivity index is 2.53. The Kier molecular flexibility index (Phi) is 5.00. The molecule has 0 bridgehead atoms. The van der Waals surface area contributed by atoms with Crippen LogP contribution in [0.15, 0.2) is 11.4 Å². The van der Waals surface area contributed by atoms with Gasteiger partial charge in [-0.3, -0.25) is 10.8 Å². The minimum absolute atomic E-state index is 0.131. The molecule has 0 aliphatic carbocycles. The predicted molar refractivity (Wildman–Crippen MR) is 70.7 cm³/mol. The van der Waals surface area contributed by atoms with Crippen molar-refractivity contribution in [2.45, 2.75) is 11.5 Å². The van der Waals surface area contributed by atoms with Crippen LogP contribution in [-0.2, 0) is 11.5 Å². The van der Waals surface area contributed by atoms with E-state index < -0.39 is 0 Å². The zero-order chi connectivity index (χ0) is 11.3. The topological polar surface area (TPSA) is 99.7 Å². The van der Waals surface area contributed by atoms with Gasteiger partial charge in [0.15, 0.2) is 10.3 Å². The van der Waals surface area contributed by atoms with Gasteiger partial charge in [0.2, 0.25) is 0 Å². The van der Waals surface area contributed by atoms with Crippen LogP contribution in [0.5, 0.6) is 0 Å². The molecule has 0 unspecified atom stereocenters. The van der Waals surface area contributed by atoms with E-state index in [0.717, 1.165) is 5.75 Å². The van der Waals surface area contributed by atoms with Gasteiger partial charge >= 0.3 is 0 Å². The molecule has 7 heteroatoms. The van der Waals surface area contributed by atoms with Crippen molar-refractivity contribution in [2.24, 2.45) is 11.5 Å². The molecule has 0 fully saturated rings. The molecule has 0 saturated carbocycles. The van der Waals surface area contributed by atoms with Crippen LogP contribution in [0.2, 0.25) is 0 Å². The molecule has 6 N–H and O–H groups in total. The van der Waals surface area contributed by atoms with Gasteiger partial charge in [0.1, 0.15) is 0 Å². The summed E-state index contributed by atoms with van der Waals surface area (Å²) in [5.41, 5.74) is 11.7. The molecule has 0 spiro atoms. The third kappa shape index (κ3) is 4.59. The zero-order valence-corrected chi connectivity index (χ0v) is 10.4. The minimum atomic E-state index is 0.131. The van der Waals surface area contributed by atoms with Crippen molar-refractivity contribution in [1.82, 2.24) is 0 Å². The van der Waals surface area contributed by atoms with Gasteiger partial charge in [-0.25, -0.2) is 0 Å². The van der Waals surface area contributed by atoms with Gasteiger partial charge in [0.05, 0.1) is 0 Å². The lowest BCUT2D eigenvalue weighted by Gasteiger charge is -2.02. The highest BCUT2D eigenvalue weighted by Gasteiger charge is 2.06. The largest absolute Gasteiger partial charge is 0.379 e. The molecule has 0 radical (unpaired) electrons. The van der Waals surface area contributed by atoms with Crippen LogP contribution in [0.3, 0.4) is 0 Å². The SMILES string of the molecule is N=C(N)SCc1ccsc1CSC(=N)N. The average Bonchev–Trinajstić information content (AvgIpc) is 2.58. The molecule has 0 atom stereocenters. The lowest BCUT2D eigenvalue weighted by atomic mass is 10.3. The Labute approximate surface area is 101 Å². The first kappa shape index (κ1) is 12.4. The average molecular weight is 260 g/mol. The van der Waals surface area contributed by atoms with Crippen LogP contribution in [-0.4, -0.2) is 10.3 Å². The Bertz CT molecular complexity index is 328. The molecule has 4 nitrogen and oxygen atoms in total. The number of nitrogens with two attached hydrogens (primary N) is 2. The number of thioether (sulfide) groups is 2. The van der Waals surface area contributed by atoms with Gasteiger partial charge < -0.3 is 11.5 Å². The smallest absolute Gasteiger partial charge is 0.151 e. The van der Waals surface area contributed by atoms with Gasteiger partial charge in [-0.1, -0.05) is 23.5 Å². The number of hydrogen-bond acceptors (Lipinski definition) is 5. The molecule has 1 heterocycles.